The van der Waals surface area contributed by atoms with Crippen LogP contribution in [0, 0.1) is 5.41 Å². The lowest BCUT2D eigenvalue weighted by molar-refractivity contribution is -0.142. The van der Waals surface area contributed by atoms with Gasteiger partial charge in [0.2, 0.25) is 11.8 Å². The quantitative estimate of drug-likeness (QED) is 0.506. The molecule has 2 unspecified atom stereocenters. The molecule has 2 amide bonds. The van der Waals surface area contributed by atoms with Gasteiger partial charge in [-0.2, -0.15) is 0 Å². The van der Waals surface area contributed by atoms with E-state index in [1.807, 2.05) is 29.2 Å². The van der Waals surface area contributed by atoms with E-state index >= 15 is 0 Å². The topological polar surface area (TPSA) is 47.1 Å². The van der Waals surface area contributed by atoms with Gasteiger partial charge in [0.15, 0.2) is 0 Å². The summed E-state index contributed by atoms with van der Waals surface area (Å²) in [5.74, 6) is 0.269. The zero-order chi connectivity index (χ0) is 27.6. The van der Waals surface area contributed by atoms with Crippen molar-refractivity contribution in [3.05, 3.63) is 69.7 Å². The van der Waals surface area contributed by atoms with Gasteiger partial charge in [0.25, 0.3) is 0 Å². The second-order valence-electron chi connectivity index (χ2n) is 11.8. The van der Waals surface area contributed by atoms with Crippen LogP contribution in [0.4, 0.5) is 0 Å². The highest BCUT2D eigenvalue weighted by molar-refractivity contribution is 6.30. The summed E-state index contributed by atoms with van der Waals surface area (Å²) >= 11 is 12.4. The van der Waals surface area contributed by atoms with Crippen LogP contribution in [-0.4, -0.2) is 89.3 Å². The molecule has 2 fully saturated rings. The molecule has 0 N–H and O–H groups in total. The maximum atomic E-state index is 13.7. The summed E-state index contributed by atoms with van der Waals surface area (Å²) in [5, 5.41) is 1.43. The van der Waals surface area contributed by atoms with Crippen molar-refractivity contribution < 1.29 is 9.59 Å². The molecule has 2 atom stereocenters. The molecule has 2 aliphatic rings. The van der Waals surface area contributed by atoms with E-state index in [4.69, 9.17) is 23.2 Å². The van der Waals surface area contributed by atoms with Gasteiger partial charge in [0, 0.05) is 68.3 Å². The van der Waals surface area contributed by atoms with Crippen molar-refractivity contribution in [2.24, 2.45) is 5.41 Å². The Morgan fingerprint density at radius 3 is 1.84 bits per heavy atom. The van der Waals surface area contributed by atoms with Crippen molar-refractivity contribution >= 4 is 35.0 Å². The molecule has 6 nitrogen and oxygen atoms in total. The normalized spacial score (nSPS) is 21.7. The van der Waals surface area contributed by atoms with Crippen LogP contribution in [0.15, 0.2) is 48.5 Å². The molecular weight excluding hydrogens is 519 g/mol. The zero-order valence-corrected chi connectivity index (χ0v) is 24.7. The van der Waals surface area contributed by atoms with E-state index in [0.29, 0.717) is 29.7 Å². The van der Waals surface area contributed by atoms with Crippen LogP contribution in [0.5, 0.6) is 0 Å². The third kappa shape index (κ3) is 6.71. The monoisotopic (exact) mass is 558 g/mol. The molecule has 0 bridgehead atoms. The summed E-state index contributed by atoms with van der Waals surface area (Å²) in [6.07, 6.45) is 0. The number of hydrogen-bond acceptors (Lipinski definition) is 4. The van der Waals surface area contributed by atoms with Gasteiger partial charge in [0.1, 0.15) is 0 Å². The number of rotatable bonds is 5. The number of carbonyl (C=O) groups is 2. The van der Waals surface area contributed by atoms with Gasteiger partial charge in [-0.05, 0) is 47.7 Å². The standard InChI is InChI=1S/C30H40Cl2N4O2/c1-21-18-33(14-16-35(21)22(2)37)20-28(38)36-17-15-34(19-27(36)30(3,4)5)29(23-6-10-25(31)11-7-23)24-8-12-26(32)13-9-24/h6-13,21,27,29H,14-20H2,1-5H3. The van der Waals surface area contributed by atoms with Crippen LogP contribution >= 0.6 is 23.2 Å². The van der Waals surface area contributed by atoms with Crippen molar-refractivity contribution in [1.29, 1.82) is 0 Å². The third-order valence-corrected chi connectivity index (χ3v) is 8.45. The van der Waals surface area contributed by atoms with E-state index in [0.717, 1.165) is 26.2 Å². The Kier molecular flexibility index (Phi) is 9.08. The summed E-state index contributed by atoms with van der Waals surface area (Å²) < 4.78 is 0. The average Bonchev–Trinajstić information content (AvgIpc) is 2.85. The van der Waals surface area contributed by atoms with E-state index in [1.165, 1.54) is 11.1 Å². The molecule has 2 saturated heterocycles. The molecule has 0 saturated carbocycles. The SMILES string of the molecule is CC(=O)N1CCN(CC(=O)N2CCN(C(c3ccc(Cl)cc3)c3ccc(Cl)cc3)CC2C(C)(C)C)CC1C. The lowest BCUT2D eigenvalue weighted by Crippen LogP contribution is -2.62. The first kappa shape index (κ1) is 28.9. The van der Waals surface area contributed by atoms with Crippen molar-refractivity contribution in [3.8, 4) is 0 Å². The Balaban J connectivity index is 1.54. The molecule has 0 radical (unpaired) electrons. The van der Waals surface area contributed by atoms with Crippen molar-refractivity contribution in [3.63, 3.8) is 0 Å². The van der Waals surface area contributed by atoms with E-state index in [-0.39, 0.29) is 35.4 Å². The minimum absolute atomic E-state index is 0.0344. The van der Waals surface area contributed by atoms with E-state index < -0.39 is 0 Å². The number of amides is 2. The number of carbonyl (C=O) groups excluding carboxylic acids is 2. The van der Waals surface area contributed by atoms with Crippen LogP contribution in [0.25, 0.3) is 0 Å². The molecule has 0 aliphatic carbocycles. The summed E-state index contributed by atoms with van der Waals surface area (Å²) in [6, 6.07) is 16.3. The van der Waals surface area contributed by atoms with Gasteiger partial charge in [-0.15, -0.1) is 0 Å². The Morgan fingerprint density at radius 1 is 0.842 bits per heavy atom. The molecule has 2 aromatic rings. The predicted octanol–water partition coefficient (Wildman–Crippen LogP) is 5.19. The number of piperazine rings is 2. The summed E-state index contributed by atoms with van der Waals surface area (Å²) in [7, 11) is 0. The second-order valence-corrected chi connectivity index (χ2v) is 12.6. The van der Waals surface area contributed by atoms with Gasteiger partial charge in [-0.3, -0.25) is 19.4 Å². The van der Waals surface area contributed by atoms with Crippen molar-refractivity contribution in [1.82, 2.24) is 19.6 Å². The number of nitrogens with zero attached hydrogens (tertiary/aromatic N) is 4. The van der Waals surface area contributed by atoms with Crippen LogP contribution < -0.4 is 0 Å². The molecule has 206 valence electrons. The lowest BCUT2D eigenvalue weighted by Gasteiger charge is -2.50. The van der Waals surface area contributed by atoms with E-state index in [9.17, 15) is 9.59 Å². The fourth-order valence-electron chi connectivity index (χ4n) is 5.91. The molecule has 4 rings (SSSR count). The van der Waals surface area contributed by atoms with Crippen molar-refractivity contribution in [2.75, 3.05) is 45.8 Å². The minimum Gasteiger partial charge on any atom is -0.338 e. The van der Waals surface area contributed by atoms with Gasteiger partial charge in [0.05, 0.1) is 12.6 Å². The van der Waals surface area contributed by atoms with Crippen molar-refractivity contribution in [2.45, 2.75) is 52.7 Å². The largest absolute Gasteiger partial charge is 0.338 e. The molecule has 0 aromatic heterocycles. The molecule has 2 aliphatic heterocycles. The first-order valence-electron chi connectivity index (χ1n) is 13.5. The summed E-state index contributed by atoms with van der Waals surface area (Å²) in [4.78, 5) is 34.2. The summed E-state index contributed by atoms with van der Waals surface area (Å²) in [6.45, 7) is 15.0. The number of hydrogen-bond donors (Lipinski definition) is 0. The summed E-state index contributed by atoms with van der Waals surface area (Å²) in [5.41, 5.74) is 2.24. The molecular formula is C30H40Cl2N4O2. The number of halogens is 2. The average molecular weight is 560 g/mol. The number of benzene rings is 2. The fraction of sp³-hybridized carbons (Fsp3) is 0.533. The van der Waals surface area contributed by atoms with Gasteiger partial charge in [-0.1, -0.05) is 68.2 Å². The molecule has 0 spiro atoms. The molecule has 38 heavy (non-hydrogen) atoms. The second kappa shape index (κ2) is 12.0. The Bertz CT molecular complexity index is 1070. The van der Waals surface area contributed by atoms with Gasteiger partial charge in [-0.25, -0.2) is 0 Å². The lowest BCUT2D eigenvalue weighted by atomic mass is 9.83. The van der Waals surface area contributed by atoms with Crippen LogP contribution in [0.3, 0.4) is 0 Å². The molecule has 2 heterocycles. The highest BCUT2D eigenvalue weighted by Crippen LogP contribution is 2.36. The van der Waals surface area contributed by atoms with Crippen LogP contribution in [-0.2, 0) is 9.59 Å². The first-order chi connectivity index (χ1) is 17.9. The smallest absolute Gasteiger partial charge is 0.237 e. The molecule has 2 aromatic carbocycles. The zero-order valence-electron chi connectivity index (χ0n) is 23.2. The first-order valence-corrected chi connectivity index (χ1v) is 14.2. The Hall–Kier alpha value is -2.12. The van der Waals surface area contributed by atoms with E-state index in [2.05, 4.69) is 66.7 Å². The molecule has 8 heteroatoms. The third-order valence-electron chi connectivity index (χ3n) is 7.94. The highest BCUT2D eigenvalue weighted by atomic mass is 35.5. The Morgan fingerprint density at radius 2 is 1.37 bits per heavy atom. The minimum atomic E-state index is -0.0977. The Labute approximate surface area is 237 Å². The fourth-order valence-corrected chi connectivity index (χ4v) is 6.16. The van der Waals surface area contributed by atoms with Gasteiger partial charge >= 0.3 is 0 Å². The van der Waals surface area contributed by atoms with Gasteiger partial charge < -0.3 is 9.80 Å². The maximum Gasteiger partial charge on any atom is 0.237 e. The maximum absolute atomic E-state index is 13.7. The highest BCUT2D eigenvalue weighted by Gasteiger charge is 2.41. The van der Waals surface area contributed by atoms with Crippen LogP contribution in [0.2, 0.25) is 10.0 Å². The van der Waals surface area contributed by atoms with E-state index in [1.54, 1.807) is 6.92 Å². The van der Waals surface area contributed by atoms with Crippen LogP contribution in [0.1, 0.15) is 51.8 Å². The predicted molar refractivity (Wildman–Crippen MR) is 155 cm³/mol.